The van der Waals surface area contributed by atoms with Crippen molar-refractivity contribution in [3.05, 3.63) is 72.2 Å². The van der Waals surface area contributed by atoms with Crippen LogP contribution in [0, 0.1) is 0 Å². The molecule has 1 aromatic carbocycles. The minimum absolute atomic E-state index is 0.230. The Morgan fingerprint density at radius 3 is 2.92 bits per heavy atom. The number of hydrogen-bond acceptors (Lipinski definition) is 5. The maximum Gasteiger partial charge on any atom is 0.274 e. The second-order valence-electron chi connectivity index (χ2n) is 5.94. The summed E-state index contributed by atoms with van der Waals surface area (Å²) in [7, 11) is 1.93. The predicted molar refractivity (Wildman–Crippen MR) is 95.8 cm³/mol. The van der Waals surface area contributed by atoms with Crippen molar-refractivity contribution in [2.75, 3.05) is 5.32 Å². The molecule has 4 rings (SSSR count). The topological polar surface area (TPSA) is 90.0 Å². The molecule has 3 heterocycles. The minimum Gasteiger partial charge on any atom is -0.321 e. The molecule has 1 N–H and O–H groups in total. The Kier molecular flexibility index (Phi) is 4.14. The highest BCUT2D eigenvalue weighted by Crippen LogP contribution is 2.14. The van der Waals surface area contributed by atoms with Crippen LogP contribution in [0.25, 0.3) is 5.65 Å². The van der Waals surface area contributed by atoms with E-state index in [1.807, 2.05) is 35.9 Å². The highest BCUT2D eigenvalue weighted by Gasteiger charge is 2.12. The largest absolute Gasteiger partial charge is 0.321 e. The van der Waals surface area contributed by atoms with Crippen LogP contribution in [0.15, 0.2) is 55.1 Å². The van der Waals surface area contributed by atoms with Gasteiger partial charge in [0.25, 0.3) is 5.91 Å². The van der Waals surface area contributed by atoms with Gasteiger partial charge in [-0.1, -0.05) is 12.1 Å². The van der Waals surface area contributed by atoms with Crippen LogP contribution in [-0.2, 0) is 19.9 Å². The van der Waals surface area contributed by atoms with E-state index in [1.54, 1.807) is 30.9 Å². The van der Waals surface area contributed by atoms with Gasteiger partial charge in [-0.05, 0) is 30.2 Å². The van der Waals surface area contributed by atoms with Crippen molar-refractivity contribution < 1.29 is 4.79 Å². The molecule has 0 aliphatic heterocycles. The number of fused-ring (bicyclic) bond motifs is 1. The predicted octanol–water partition coefficient (Wildman–Crippen LogP) is 1.90. The SMILES string of the molecule is Cn1cnnc1CCc1cccc(NC(=O)c2ccnc3ccnn23)c1. The molecule has 8 heteroatoms. The summed E-state index contributed by atoms with van der Waals surface area (Å²) in [6, 6.07) is 11.2. The number of carbonyl (C=O) groups is 1. The third-order valence-corrected chi connectivity index (χ3v) is 4.15. The summed E-state index contributed by atoms with van der Waals surface area (Å²) in [6.07, 6.45) is 6.51. The van der Waals surface area contributed by atoms with Gasteiger partial charge in [0, 0.05) is 31.4 Å². The summed E-state index contributed by atoms with van der Waals surface area (Å²) in [5.74, 6) is 0.698. The smallest absolute Gasteiger partial charge is 0.274 e. The van der Waals surface area contributed by atoms with E-state index in [0.717, 1.165) is 29.9 Å². The number of anilines is 1. The average Bonchev–Trinajstić information content (AvgIpc) is 3.28. The second-order valence-corrected chi connectivity index (χ2v) is 5.94. The summed E-state index contributed by atoms with van der Waals surface area (Å²) in [5.41, 5.74) is 2.92. The maximum atomic E-state index is 12.6. The first kappa shape index (κ1) is 15.9. The minimum atomic E-state index is -0.230. The molecule has 0 bridgehead atoms. The third kappa shape index (κ3) is 3.16. The standard InChI is InChI=1S/C18H17N7O/c1-24-12-20-23-17(24)6-5-13-3-2-4-14(11-13)22-18(26)15-7-9-19-16-8-10-21-25(15)16/h2-4,7-12H,5-6H2,1H3,(H,22,26). The van der Waals surface area contributed by atoms with Crippen LogP contribution in [0.1, 0.15) is 21.9 Å². The molecule has 8 nitrogen and oxygen atoms in total. The number of amides is 1. The zero-order valence-corrected chi connectivity index (χ0v) is 14.2. The van der Waals surface area contributed by atoms with Gasteiger partial charge in [0.05, 0.1) is 6.20 Å². The van der Waals surface area contributed by atoms with Gasteiger partial charge in [-0.15, -0.1) is 10.2 Å². The van der Waals surface area contributed by atoms with Crippen molar-refractivity contribution in [3.63, 3.8) is 0 Å². The molecule has 0 saturated heterocycles. The fourth-order valence-electron chi connectivity index (χ4n) is 2.80. The van der Waals surface area contributed by atoms with Crippen molar-refractivity contribution in [3.8, 4) is 0 Å². The third-order valence-electron chi connectivity index (χ3n) is 4.15. The first-order valence-corrected chi connectivity index (χ1v) is 8.22. The van der Waals surface area contributed by atoms with Crippen LogP contribution in [0.5, 0.6) is 0 Å². The van der Waals surface area contributed by atoms with Crippen LogP contribution in [0.4, 0.5) is 5.69 Å². The zero-order chi connectivity index (χ0) is 17.9. The molecule has 0 fully saturated rings. The van der Waals surface area contributed by atoms with Crippen LogP contribution in [0.2, 0.25) is 0 Å². The lowest BCUT2D eigenvalue weighted by Crippen LogP contribution is -2.16. The molecular formula is C18H17N7O. The monoisotopic (exact) mass is 347 g/mol. The number of rotatable bonds is 5. The quantitative estimate of drug-likeness (QED) is 0.595. The molecule has 26 heavy (non-hydrogen) atoms. The van der Waals surface area contributed by atoms with Gasteiger partial charge >= 0.3 is 0 Å². The number of nitrogens with one attached hydrogen (secondary N) is 1. The van der Waals surface area contributed by atoms with Gasteiger partial charge in [0.15, 0.2) is 5.65 Å². The van der Waals surface area contributed by atoms with E-state index in [4.69, 9.17) is 0 Å². The molecule has 0 saturated carbocycles. The van der Waals surface area contributed by atoms with Gasteiger partial charge in [-0.25, -0.2) is 9.50 Å². The zero-order valence-electron chi connectivity index (χ0n) is 14.2. The van der Waals surface area contributed by atoms with Gasteiger partial charge in [0.2, 0.25) is 0 Å². The van der Waals surface area contributed by atoms with Crippen molar-refractivity contribution in [1.29, 1.82) is 0 Å². The highest BCUT2D eigenvalue weighted by molar-refractivity contribution is 6.03. The molecule has 0 unspecified atom stereocenters. The normalized spacial score (nSPS) is 11.0. The average molecular weight is 347 g/mol. The van der Waals surface area contributed by atoms with Gasteiger partial charge in [-0.2, -0.15) is 5.10 Å². The van der Waals surface area contributed by atoms with Crippen LogP contribution >= 0.6 is 0 Å². The summed E-state index contributed by atoms with van der Waals surface area (Å²) in [4.78, 5) is 16.8. The molecular weight excluding hydrogens is 330 g/mol. The van der Waals surface area contributed by atoms with E-state index in [1.165, 1.54) is 4.52 Å². The number of hydrogen-bond donors (Lipinski definition) is 1. The summed E-state index contributed by atoms with van der Waals surface area (Å²) < 4.78 is 3.43. The van der Waals surface area contributed by atoms with E-state index in [0.29, 0.717) is 11.3 Å². The molecule has 3 aromatic heterocycles. The lowest BCUT2D eigenvalue weighted by atomic mass is 10.1. The molecule has 0 aliphatic carbocycles. The molecule has 1 amide bonds. The first-order valence-electron chi connectivity index (χ1n) is 8.22. The fraction of sp³-hybridized carbons (Fsp3) is 0.167. The lowest BCUT2D eigenvalue weighted by Gasteiger charge is -2.08. The van der Waals surface area contributed by atoms with Crippen molar-refractivity contribution in [2.45, 2.75) is 12.8 Å². The number of nitrogens with zero attached hydrogens (tertiary/aromatic N) is 6. The molecule has 0 radical (unpaired) electrons. The van der Waals surface area contributed by atoms with E-state index in [9.17, 15) is 4.79 Å². The van der Waals surface area contributed by atoms with E-state index in [2.05, 4.69) is 25.6 Å². The number of aryl methyl sites for hydroxylation is 3. The van der Waals surface area contributed by atoms with Gasteiger partial charge in [-0.3, -0.25) is 4.79 Å². The van der Waals surface area contributed by atoms with Crippen molar-refractivity contribution in [1.82, 2.24) is 29.4 Å². The van der Waals surface area contributed by atoms with E-state index < -0.39 is 0 Å². The van der Waals surface area contributed by atoms with Crippen LogP contribution < -0.4 is 5.32 Å². The Bertz CT molecular complexity index is 1070. The molecule has 4 aromatic rings. The summed E-state index contributed by atoms with van der Waals surface area (Å²) in [5, 5.41) is 15.0. The fourth-order valence-corrected chi connectivity index (χ4v) is 2.80. The lowest BCUT2D eigenvalue weighted by molar-refractivity contribution is 0.102. The highest BCUT2D eigenvalue weighted by atomic mass is 16.2. The Morgan fingerprint density at radius 2 is 2.08 bits per heavy atom. The van der Waals surface area contributed by atoms with E-state index >= 15 is 0 Å². The Morgan fingerprint density at radius 1 is 1.15 bits per heavy atom. The summed E-state index contributed by atoms with van der Waals surface area (Å²) in [6.45, 7) is 0. The Labute approximate surface area is 149 Å². The second kappa shape index (κ2) is 6.75. The molecule has 0 spiro atoms. The first-order chi connectivity index (χ1) is 12.7. The Balaban J connectivity index is 1.49. The molecule has 0 aliphatic rings. The van der Waals surface area contributed by atoms with E-state index in [-0.39, 0.29) is 5.91 Å². The van der Waals surface area contributed by atoms with Gasteiger partial charge in [0.1, 0.15) is 17.8 Å². The summed E-state index contributed by atoms with van der Waals surface area (Å²) >= 11 is 0. The van der Waals surface area contributed by atoms with Crippen molar-refractivity contribution in [2.24, 2.45) is 7.05 Å². The number of aromatic nitrogens is 6. The molecule has 130 valence electrons. The molecule has 0 atom stereocenters. The van der Waals surface area contributed by atoms with Crippen molar-refractivity contribution >= 4 is 17.2 Å². The van der Waals surface area contributed by atoms with Crippen LogP contribution in [0.3, 0.4) is 0 Å². The number of carbonyl (C=O) groups excluding carboxylic acids is 1. The van der Waals surface area contributed by atoms with Crippen LogP contribution in [-0.4, -0.2) is 35.3 Å². The number of benzene rings is 1. The maximum absolute atomic E-state index is 12.6. The van der Waals surface area contributed by atoms with Gasteiger partial charge < -0.3 is 9.88 Å². The Hall–Kier alpha value is -3.55.